The van der Waals surface area contributed by atoms with Crippen LogP contribution >= 0.6 is 0 Å². The number of halogens is 3. The fourth-order valence-corrected chi connectivity index (χ4v) is 2.26. The first-order chi connectivity index (χ1) is 11.0. The Kier molecular flexibility index (Phi) is 4.75. The number of amides is 1. The quantitative estimate of drug-likeness (QED) is 0.872. The summed E-state index contributed by atoms with van der Waals surface area (Å²) in [5, 5.41) is 16.4. The molecular formula is C15H18F3N3O3. The molecule has 24 heavy (non-hydrogen) atoms. The molecule has 0 radical (unpaired) electrons. The van der Waals surface area contributed by atoms with Crippen molar-refractivity contribution in [3.63, 3.8) is 0 Å². The number of carbonyl (C=O) groups excluding carboxylic acids is 1. The van der Waals surface area contributed by atoms with E-state index in [-0.39, 0.29) is 5.76 Å². The van der Waals surface area contributed by atoms with Crippen LogP contribution in [0.4, 0.5) is 13.2 Å². The highest BCUT2D eigenvalue weighted by Gasteiger charge is 2.58. The number of furan rings is 1. The summed E-state index contributed by atoms with van der Waals surface area (Å²) in [5.74, 6) is -1.46. The van der Waals surface area contributed by atoms with Gasteiger partial charge in [-0.25, -0.2) is 0 Å². The Labute approximate surface area is 136 Å². The van der Waals surface area contributed by atoms with Crippen molar-refractivity contribution >= 4 is 5.91 Å². The SMILES string of the molecule is Cc1ccc([C@](O)(CC(=O)N[C@@H](C)c2cnn(C)c2)C(F)(F)F)o1. The molecule has 0 saturated carbocycles. The molecule has 132 valence electrons. The van der Waals surface area contributed by atoms with Gasteiger partial charge in [0.15, 0.2) is 0 Å². The van der Waals surface area contributed by atoms with Gasteiger partial charge in [0.2, 0.25) is 11.5 Å². The molecule has 1 amide bonds. The van der Waals surface area contributed by atoms with Crippen LogP contribution in [0.5, 0.6) is 0 Å². The van der Waals surface area contributed by atoms with E-state index in [2.05, 4.69) is 10.4 Å². The molecule has 2 heterocycles. The predicted octanol–water partition coefficient (Wildman–Crippen LogP) is 2.34. The van der Waals surface area contributed by atoms with Crippen molar-refractivity contribution in [2.75, 3.05) is 0 Å². The molecule has 0 aromatic carbocycles. The van der Waals surface area contributed by atoms with E-state index in [0.717, 1.165) is 6.07 Å². The van der Waals surface area contributed by atoms with Crippen LogP contribution in [0.2, 0.25) is 0 Å². The van der Waals surface area contributed by atoms with E-state index in [1.54, 1.807) is 20.2 Å². The zero-order valence-electron chi connectivity index (χ0n) is 13.4. The standard InChI is InChI=1S/C15H18F3N3O3/c1-9-4-5-12(24-9)14(23,15(16,17)18)6-13(22)20-10(2)11-7-19-21(3)8-11/h4-5,7-8,10,23H,6H2,1-3H3,(H,20,22)/t10-,14+/m0/s1. The molecule has 9 heteroatoms. The molecule has 2 aromatic heterocycles. The minimum Gasteiger partial charge on any atom is -0.463 e. The molecule has 0 bridgehead atoms. The minimum atomic E-state index is -5.06. The zero-order valence-corrected chi connectivity index (χ0v) is 13.4. The lowest BCUT2D eigenvalue weighted by atomic mass is 9.95. The first-order valence-electron chi connectivity index (χ1n) is 7.17. The van der Waals surface area contributed by atoms with Gasteiger partial charge in [0, 0.05) is 18.8 Å². The Morgan fingerprint density at radius 3 is 2.58 bits per heavy atom. The molecule has 2 rings (SSSR count). The van der Waals surface area contributed by atoms with Crippen molar-refractivity contribution in [2.24, 2.45) is 7.05 Å². The lowest BCUT2D eigenvalue weighted by Crippen LogP contribution is -2.46. The van der Waals surface area contributed by atoms with Gasteiger partial charge in [-0.15, -0.1) is 0 Å². The fourth-order valence-electron chi connectivity index (χ4n) is 2.26. The Morgan fingerprint density at radius 1 is 1.46 bits per heavy atom. The molecule has 2 aromatic rings. The van der Waals surface area contributed by atoms with Gasteiger partial charge in [-0.2, -0.15) is 18.3 Å². The van der Waals surface area contributed by atoms with Crippen LogP contribution in [-0.4, -0.2) is 27.0 Å². The predicted molar refractivity (Wildman–Crippen MR) is 77.8 cm³/mol. The van der Waals surface area contributed by atoms with Crippen molar-refractivity contribution in [1.82, 2.24) is 15.1 Å². The number of nitrogens with one attached hydrogen (secondary N) is 1. The van der Waals surface area contributed by atoms with Crippen molar-refractivity contribution in [3.8, 4) is 0 Å². The van der Waals surface area contributed by atoms with Gasteiger partial charge in [0.25, 0.3) is 0 Å². The molecule has 0 aliphatic rings. The van der Waals surface area contributed by atoms with Gasteiger partial charge in [0.1, 0.15) is 11.5 Å². The van der Waals surface area contributed by atoms with Gasteiger partial charge in [-0.1, -0.05) is 0 Å². The average molecular weight is 345 g/mol. The number of hydrogen-bond acceptors (Lipinski definition) is 4. The summed E-state index contributed by atoms with van der Waals surface area (Å²) >= 11 is 0. The molecule has 0 unspecified atom stereocenters. The van der Waals surface area contributed by atoms with Gasteiger partial charge in [0.05, 0.1) is 18.7 Å². The normalized spacial score (nSPS) is 15.8. The Bertz CT molecular complexity index is 723. The summed E-state index contributed by atoms with van der Waals surface area (Å²) in [4.78, 5) is 12.0. The van der Waals surface area contributed by atoms with Crippen molar-refractivity contribution in [1.29, 1.82) is 0 Å². The van der Waals surface area contributed by atoms with Gasteiger partial charge < -0.3 is 14.8 Å². The van der Waals surface area contributed by atoms with Crippen LogP contribution in [0.3, 0.4) is 0 Å². The van der Waals surface area contributed by atoms with Crippen molar-refractivity contribution in [3.05, 3.63) is 41.6 Å². The monoisotopic (exact) mass is 345 g/mol. The fraction of sp³-hybridized carbons (Fsp3) is 0.467. The first-order valence-corrected chi connectivity index (χ1v) is 7.17. The number of carbonyl (C=O) groups is 1. The van der Waals surface area contributed by atoms with E-state index in [0.29, 0.717) is 5.56 Å². The smallest absolute Gasteiger partial charge is 0.425 e. The average Bonchev–Trinajstić information content (AvgIpc) is 3.06. The molecule has 0 fully saturated rings. The number of alkyl halides is 3. The first kappa shape index (κ1) is 18.1. The second-order valence-electron chi connectivity index (χ2n) is 5.68. The number of aromatic nitrogens is 2. The van der Waals surface area contributed by atoms with E-state index < -0.39 is 35.9 Å². The molecule has 0 aliphatic heterocycles. The van der Waals surface area contributed by atoms with Crippen molar-refractivity contribution in [2.45, 2.75) is 38.1 Å². The summed E-state index contributed by atoms with van der Waals surface area (Å²) < 4.78 is 46.4. The topological polar surface area (TPSA) is 80.3 Å². The highest BCUT2D eigenvalue weighted by atomic mass is 19.4. The summed E-state index contributed by atoms with van der Waals surface area (Å²) in [7, 11) is 1.68. The maximum Gasteiger partial charge on any atom is 0.425 e. The summed E-state index contributed by atoms with van der Waals surface area (Å²) in [6, 6.07) is 1.75. The van der Waals surface area contributed by atoms with Crippen LogP contribution in [0.15, 0.2) is 28.9 Å². The second-order valence-corrected chi connectivity index (χ2v) is 5.68. The molecule has 2 N–H and O–H groups in total. The Hall–Kier alpha value is -2.29. The molecule has 0 aliphatic carbocycles. The maximum atomic E-state index is 13.3. The van der Waals surface area contributed by atoms with E-state index in [9.17, 15) is 23.1 Å². The van der Waals surface area contributed by atoms with Gasteiger partial charge in [-0.05, 0) is 26.0 Å². The lowest BCUT2D eigenvalue weighted by molar-refractivity contribution is -0.273. The van der Waals surface area contributed by atoms with Crippen LogP contribution in [0.1, 0.15) is 36.5 Å². The second kappa shape index (κ2) is 6.31. The number of aryl methyl sites for hydroxylation is 2. The Balaban J connectivity index is 2.16. The summed E-state index contributed by atoms with van der Waals surface area (Å²) in [5.41, 5.74) is -2.75. The summed E-state index contributed by atoms with van der Waals surface area (Å²) in [6.07, 6.45) is -3.13. The third-order valence-corrected chi connectivity index (χ3v) is 3.64. The largest absolute Gasteiger partial charge is 0.463 e. The number of hydrogen-bond donors (Lipinski definition) is 2. The molecular weight excluding hydrogens is 327 g/mol. The van der Waals surface area contributed by atoms with E-state index in [1.165, 1.54) is 23.9 Å². The van der Waals surface area contributed by atoms with E-state index in [4.69, 9.17) is 4.42 Å². The van der Waals surface area contributed by atoms with Crippen molar-refractivity contribution < 1.29 is 27.5 Å². The third-order valence-electron chi connectivity index (χ3n) is 3.64. The molecule has 0 saturated heterocycles. The molecule has 6 nitrogen and oxygen atoms in total. The van der Waals surface area contributed by atoms with Gasteiger partial charge >= 0.3 is 6.18 Å². The number of rotatable bonds is 5. The Morgan fingerprint density at radius 2 is 2.12 bits per heavy atom. The maximum absolute atomic E-state index is 13.3. The van der Waals surface area contributed by atoms with Crippen LogP contribution < -0.4 is 5.32 Å². The third kappa shape index (κ3) is 3.61. The summed E-state index contributed by atoms with van der Waals surface area (Å²) in [6.45, 7) is 3.06. The molecule has 0 spiro atoms. The van der Waals surface area contributed by atoms with Crippen LogP contribution in [0, 0.1) is 6.92 Å². The van der Waals surface area contributed by atoms with Crippen LogP contribution in [0.25, 0.3) is 0 Å². The number of aliphatic hydroxyl groups is 1. The highest BCUT2D eigenvalue weighted by molar-refractivity contribution is 5.77. The van der Waals surface area contributed by atoms with E-state index >= 15 is 0 Å². The molecule has 2 atom stereocenters. The van der Waals surface area contributed by atoms with E-state index in [1.807, 2.05) is 0 Å². The lowest BCUT2D eigenvalue weighted by Gasteiger charge is -2.28. The number of nitrogens with zero attached hydrogens (tertiary/aromatic N) is 2. The zero-order chi connectivity index (χ0) is 18.1. The van der Waals surface area contributed by atoms with Gasteiger partial charge in [-0.3, -0.25) is 9.48 Å². The van der Waals surface area contributed by atoms with Crippen LogP contribution in [-0.2, 0) is 17.4 Å². The minimum absolute atomic E-state index is 0.205. The highest BCUT2D eigenvalue weighted by Crippen LogP contribution is 2.42.